The average Bonchev–Trinajstić information content (AvgIpc) is 2.87. The second-order valence-electron chi connectivity index (χ2n) is 8.00. The first-order valence-electron chi connectivity index (χ1n) is 8.08. The Labute approximate surface area is 117 Å². The van der Waals surface area contributed by atoms with Crippen LogP contribution in [0.15, 0.2) is 0 Å². The van der Waals surface area contributed by atoms with Crippen molar-refractivity contribution < 1.29 is 10.2 Å². The molecule has 1 aliphatic heterocycles. The molecule has 2 aliphatic carbocycles. The van der Waals surface area contributed by atoms with Gasteiger partial charge in [0, 0.05) is 19.0 Å². The second kappa shape index (κ2) is 4.71. The molecule has 2 N–H and O–H groups in total. The zero-order valence-corrected chi connectivity index (χ0v) is 12.4. The van der Waals surface area contributed by atoms with E-state index in [2.05, 4.69) is 13.8 Å². The Kier molecular flexibility index (Phi) is 3.43. The van der Waals surface area contributed by atoms with Gasteiger partial charge in [-0.3, -0.25) is 4.90 Å². The van der Waals surface area contributed by atoms with Crippen molar-refractivity contribution in [3.63, 3.8) is 0 Å². The molecule has 1 saturated heterocycles. The zero-order valence-electron chi connectivity index (χ0n) is 12.4. The van der Waals surface area contributed by atoms with Gasteiger partial charge in [0.15, 0.2) is 0 Å². The molecule has 3 aliphatic rings. The Balaban J connectivity index is 1.68. The number of hydrogen-bond acceptors (Lipinski definition) is 3. The fraction of sp³-hybridized carbons (Fsp3) is 1.00. The van der Waals surface area contributed by atoms with Crippen LogP contribution in [0.2, 0.25) is 0 Å². The van der Waals surface area contributed by atoms with Crippen LogP contribution in [0.25, 0.3) is 0 Å². The minimum absolute atomic E-state index is 0.0232. The maximum Gasteiger partial charge on any atom is 0.227 e. The van der Waals surface area contributed by atoms with Gasteiger partial charge >= 0.3 is 0 Å². The van der Waals surface area contributed by atoms with Crippen LogP contribution in [0.5, 0.6) is 0 Å². The molecule has 3 rings (SSSR count). The van der Waals surface area contributed by atoms with Crippen LogP contribution in [-0.4, -0.2) is 34.1 Å². The number of likely N-dealkylation sites (tertiary alicyclic amines) is 1. The topological polar surface area (TPSA) is 43.7 Å². The molecule has 110 valence electrons. The van der Waals surface area contributed by atoms with Gasteiger partial charge in [0.05, 0.1) is 0 Å². The minimum atomic E-state index is -1.57. The predicted molar refractivity (Wildman–Crippen MR) is 75.3 cm³/mol. The van der Waals surface area contributed by atoms with E-state index in [1.807, 2.05) is 4.90 Å². The molecule has 3 atom stereocenters. The van der Waals surface area contributed by atoms with E-state index in [1.165, 1.54) is 25.7 Å². The third-order valence-electron chi connectivity index (χ3n) is 5.94. The average molecular weight is 267 g/mol. The predicted octanol–water partition coefficient (Wildman–Crippen LogP) is 2.57. The van der Waals surface area contributed by atoms with Gasteiger partial charge in [0.1, 0.15) is 0 Å². The van der Waals surface area contributed by atoms with Gasteiger partial charge in [-0.2, -0.15) is 0 Å². The molecule has 0 radical (unpaired) electrons. The van der Waals surface area contributed by atoms with Gasteiger partial charge in [-0.15, -0.1) is 0 Å². The number of fused-ring (bicyclic) bond motifs is 1. The number of rotatable bonds is 2. The SMILES string of the molecule is CC1(C)CCCC(C(O)(O)N2CC3CCCC3C2)C1. The molecular formula is C16H29NO2. The third-order valence-corrected chi connectivity index (χ3v) is 5.94. The monoisotopic (exact) mass is 267 g/mol. The van der Waals surface area contributed by atoms with Crippen molar-refractivity contribution in [3.8, 4) is 0 Å². The first kappa shape index (κ1) is 13.8. The molecule has 3 heteroatoms. The van der Waals surface area contributed by atoms with Crippen LogP contribution >= 0.6 is 0 Å². The summed E-state index contributed by atoms with van der Waals surface area (Å²) < 4.78 is 0. The fourth-order valence-corrected chi connectivity index (χ4v) is 4.79. The molecule has 0 aromatic carbocycles. The third kappa shape index (κ3) is 2.57. The summed E-state index contributed by atoms with van der Waals surface area (Å²) in [5.74, 6) is -0.109. The summed E-state index contributed by atoms with van der Waals surface area (Å²) in [6.45, 7) is 6.31. The van der Waals surface area contributed by atoms with E-state index in [-0.39, 0.29) is 11.3 Å². The van der Waals surface area contributed by atoms with E-state index in [9.17, 15) is 10.2 Å². The highest BCUT2D eigenvalue weighted by Gasteiger charge is 2.49. The second-order valence-corrected chi connectivity index (χ2v) is 8.00. The highest BCUT2D eigenvalue weighted by atomic mass is 16.5. The van der Waals surface area contributed by atoms with Crippen molar-refractivity contribution in [2.24, 2.45) is 23.2 Å². The Morgan fingerprint density at radius 3 is 2.21 bits per heavy atom. The van der Waals surface area contributed by atoms with Crippen LogP contribution in [0, 0.1) is 23.2 Å². The summed E-state index contributed by atoms with van der Waals surface area (Å²) >= 11 is 0. The molecule has 0 bridgehead atoms. The lowest BCUT2D eigenvalue weighted by atomic mass is 9.71. The smallest absolute Gasteiger partial charge is 0.227 e. The van der Waals surface area contributed by atoms with Gasteiger partial charge in [-0.25, -0.2) is 0 Å². The molecule has 0 amide bonds. The summed E-state index contributed by atoms with van der Waals surface area (Å²) in [5, 5.41) is 21.4. The van der Waals surface area contributed by atoms with Crippen LogP contribution in [0.4, 0.5) is 0 Å². The Bertz CT molecular complexity index is 328. The van der Waals surface area contributed by atoms with Crippen molar-refractivity contribution >= 4 is 0 Å². The molecular weight excluding hydrogens is 238 g/mol. The van der Waals surface area contributed by atoms with Gasteiger partial charge < -0.3 is 10.2 Å². The molecule has 19 heavy (non-hydrogen) atoms. The Hall–Kier alpha value is -0.120. The van der Waals surface area contributed by atoms with E-state index in [1.54, 1.807) is 0 Å². The maximum atomic E-state index is 10.7. The van der Waals surface area contributed by atoms with Crippen LogP contribution in [0.3, 0.4) is 0 Å². The molecule has 3 nitrogen and oxygen atoms in total. The Morgan fingerprint density at radius 2 is 1.63 bits per heavy atom. The van der Waals surface area contributed by atoms with E-state index in [0.717, 1.165) is 44.2 Å². The first-order valence-corrected chi connectivity index (χ1v) is 8.08. The lowest BCUT2D eigenvalue weighted by molar-refractivity contribution is -0.301. The molecule has 1 heterocycles. The van der Waals surface area contributed by atoms with Crippen molar-refractivity contribution in [3.05, 3.63) is 0 Å². The molecule has 2 saturated carbocycles. The number of hydrogen-bond donors (Lipinski definition) is 2. The zero-order chi connectivity index (χ0) is 13.7. The summed E-state index contributed by atoms with van der Waals surface area (Å²) in [5.41, 5.74) is 0.259. The van der Waals surface area contributed by atoms with Crippen molar-refractivity contribution in [1.29, 1.82) is 0 Å². The van der Waals surface area contributed by atoms with E-state index >= 15 is 0 Å². The largest absolute Gasteiger partial charge is 0.353 e. The van der Waals surface area contributed by atoms with Crippen molar-refractivity contribution in [2.45, 2.75) is 64.7 Å². The van der Waals surface area contributed by atoms with Crippen molar-refractivity contribution in [2.75, 3.05) is 13.1 Å². The van der Waals surface area contributed by atoms with Gasteiger partial charge in [0.25, 0.3) is 0 Å². The lowest BCUT2D eigenvalue weighted by Gasteiger charge is -2.45. The fourth-order valence-electron chi connectivity index (χ4n) is 4.79. The molecule has 0 aromatic rings. The van der Waals surface area contributed by atoms with Gasteiger partial charge in [0.2, 0.25) is 5.91 Å². The van der Waals surface area contributed by atoms with E-state index in [0.29, 0.717) is 0 Å². The molecule has 0 aromatic heterocycles. The molecule has 0 spiro atoms. The van der Waals surface area contributed by atoms with Crippen molar-refractivity contribution in [1.82, 2.24) is 4.90 Å². The van der Waals surface area contributed by atoms with Crippen LogP contribution in [-0.2, 0) is 0 Å². The summed E-state index contributed by atoms with van der Waals surface area (Å²) in [6, 6.07) is 0. The highest BCUT2D eigenvalue weighted by Crippen LogP contribution is 2.46. The highest BCUT2D eigenvalue weighted by molar-refractivity contribution is 4.94. The van der Waals surface area contributed by atoms with Gasteiger partial charge in [-0.05, 0) is 49.4 Å². The minimum Gasteiger partial charge on any atom is -0.353 e. The van der Waals surface area contributed by atoms with E-state index < -0.39 is 5.91 Å². The molecule has 3 fully saturated rings. The van der Waals surface area contributed by atoms with Gasteiger partial charge in [-0.1, -0.05) is 26.7 Å². The lowest BCUT2D eigenvalue weighted by Crippen LogP contribution is -2.55. The first-order chi connectivity index (χ1) is 8.88. The Morgan fingerprint density at radius 1 is 1.00 bits per heavy atom. The number of aliphatic hydroxyl groups is 2. The molecule has 3 unspecified atom stereocenters. The number of nitrogens with zero attached hydrogens (tertiary/aromatic N) is 1. The summed E-state index contributed by atoms with van der Waals surface area (Å²) in [4.78, 5) is 1.98. The quantitative estimate of drug-likeness (QED) is 0.756. The standard InChI is InChI=1S/C16H29NO2/c1-15(2)8-4-7-14(9-15)16(18,19)17-10-12-5-3-6-13(12)11-17/h12-14,18-19H,3-11H2,1-2H3. The van der Waals surface area contributed by atoms with Crippen LogP contribution < -0.4 is 0 Å². The normalized spacial score (nSPS) is 39.5. The summed E-state index contributed by atoms with van der Waals surface area (Å²) in [7, 11) is 0. The van der Waals surface area contributed by atoms with Crippen LogP contribution in [0.1, 0.15) is 58.8 Å². The summed E-state index contributed by atoms with van der Waals surface area (Å²) in [6.07, 6.45) is 8.14. The maximum absolute atomic E-state index is 10.7. The van der Waals surface area contributed by atoms with E-state index in [4.69, 9.17) is 0 Å².